The predicted molar refractivity (Wildman–Crippen MR) is 74.7 cm³/mol. The summed E-state index contributed by atoms with van der Waals surface area (Å²) < 4.78 is 4.68. The van der Waals surface area contributed by atoms with Crippen molar-refractivity contribution in [1.82, 2.24) is 4.90 Å². The van der Waals surface area contributed by atoms with Gasteiger partial charge in [-0.3, -0.25) is 0 Å². The Hall–Kier alpha value is -1.26. The largest absolute Gasteiger partial charge is 0.465 e. The van der Waals surface area contributed by atoms with E-state index in [1.165, 1.54) is 12.8 Å². The lowest BCUT2D eigenvalue weighted by molar-refractivity contribution is 0.0601. The Kier molecular flexibility index (Phi) is 5.44. The zero-order valence-electron chi connectivity index (χ0n) is 10.8. The van der Waals surface area contributed by atoms with Gasteiger partial charge in [-0.05, 0) is 31.3 Å². The minimum absolute atomic E-state index is 0. The summed E-state index contributed by atoms with van der Waals surface area (Å²) in [5.41, 5.74) is 1.77. The highest BCUT2D eigenvalue weighted by atomic mass is 35.5. The molecule has 18 heavy (non-hydrogen) atoms. The third-order valence-electron chi connectivity index (χ3n) is 3.16. The number of piperazine rings is 1. The van der Waals surface area contributed by atoms with Crippen molar-refractivity contribution in [2.75, 3.05) is 45.2 Å². The highest BCUT2D eigenvalue weighted by molar-refractivity contribution is 5.89. The van der Waals surface area contributed by atoms with Gasteiger partial charge in [-0.1, -0.05) is 0 Å². The predicted octanol–water partition coefficient (Wildman–Crippen LogP) is 1.65. The second kappa shape index (κ2) is 6.61. The number of carbonyl (C=O) groups is 1. The lowest BCUT2D eigenvalue weighted by Crippen LogP contribution is -2.44. The molecule has 0 unspecified atom stereocenters. The third-order valence-corrected chi connectivity index (χ3v) is 3.16. The number of methoxy groups -OCH3 is 1. The lowest BCUT2D eigenvalue weighted by Gasteiger charge is -2.34. The van der Waals surface area contributed by atoms with E-state index < -0.39 is 0 Å². The van der Waals surface area contributed by atoms with Crippen LogP contribution in [-0.4, -0.2) is 51.2 Å². The van der Waals surface area contributed by atoms with Crippen LogP contribution in [0.2, 0.25) is 0 Å². The van der Waals surface area contributed by atoms with Crippen molar-refractivity contribution in [3.05, 3.63) is 29.8 Å². The fraction of sp³-hybridized carbons (Fsp3) is 0.462. The Bertz CT molecular complexity index is 386. The van der Waals surface area contributed by atoms with E-state index in [1.54, 1.807) is 0 Å². The van der Waals surface area contributed by atoms with E-state index in [2.05, 4.69) is 21.6 Å². The molecule has 1 aromatic rings. The van der Waals surface area contributed by atoms with Gasteiger partial charge >= 0.3 is 5.97 Å². The number of ether oxygens (including phenoxy) is 1. The number of hydrogen-bond acceptors (Lipinski definition) is 4. The summed E-state index contributed by atoms with van der Waals surface area (Å²) in [7, 11) is 3.54. The lowest BCUT2D eigenvalue weighted by atomic mass is 10.2. The van der Waals surface area contributed by atoms with Crippen molar-refractivity contribution >= 4 is 24.1 Å². The summed E-state index contributed by atoms with van der Waals surface area (Å²) in [6.07, 6.45) is 0. The Balaban J connectivity index is 0.00000162. The Morgan fingerprint density at radius 1 is 1.11 bits per heavy atom. The van der Waals surface area contributed by atoms with Crippen LogP contribution in [0.15, 0.2) is 24.3 Å². The molecule has 0 radical (unpaired) electrons. The number of nitrogens with zero attached hydrogens (tertiary/aromatic N) is 2. The monoisotopic (exact) mass is 270 g/mol. The number of anilines is 1. The van der Waals surface area contributed by atoms with Crippen molar-refractivity contribution in [2.24, 2.45) is 0 Å². The molecule has 1 heterocycles. The molecule has 0 saturated carbocycles. The molecule has 4 nitrogen and oxygen atoms in total. The van der Waals surface area contributed by atoms with Crippen LogP contribution in [0.1, 0.15) is 10.4 Å². The van der Waals surface area contributed by atoms with Gasteiger partial charge in [0.25, 0.3) is 0 Å². The van der Waals surface area contributed by atoms with Crippen LogP contribution < -0.4 is 4.90 Å². The summed E-state index contributed by atoms with van der Waals surface area (Å²) in [4.78, 5) is 16.0. The van der Waals surface area contributed by atoms with Gasteiger partial charge in [-0.2, -0.15) is 0 Å². The van der Waals surface area contributed by atoms with Gasteiger partial charge in [0.1, 0.15) is 0 Å². The fourth-order valence-electron chi connectivity index (χ4n) is 1.99. The quantitative estimate of drug-likeness (QED) is 0.765. The number of rotatable bonds is 2. The van der Waals surface area contributed by atoms with E-state index in [0.29, 0.717) is 5.56 Å². The van der Waals surface area contributed by atoms with E-state index in [0.717, 1.165) is 26.2 Å². The van der Waals surface area contributed by atoms with Crippen LogP contribution in [-0.2, 0) is 4.74 Å². The molecule has 0 amide bonds. The summed E-state index contributed by atoms with van der Waals surface area (Å²) in [6, 6.07) is 7.61. The minimum atomic E-state index is -0.282. The maximum Gasteiger partial charge on any atom is 0.337 e. The first-order valence-corrected chi connectivity index (χ1v) is 5.82. The van der Waals surface area contributed by atoms with Gasteiger partial charge in [0.05, 0.1) is 12.7 Å². The molecule has 1 aliphatic rings. The standard InChI is InChI=1S/C13H18N2O2.ClH/c1-14-7-9-15(10-8-14)12-5-3-11(4-6-12)13(16)17-2;/h3-6H,7-10H2,1-2H3;1H. The van der Waals surface area contributed by atoms with Crippen LogP contribution in [0.25, 0.3) is 0 Å². The Morgan fingerprint density at radius 2 is 1.67 bits per heavy atom. The maximum absolute atomic E-state index is 11.3. The number of carbonyl (C=O) groups excluding carboxylic acids is 1. The second-order valence-corrected chi connectivity index (χ2v) is 4.33. The van der Waals surface area contributed by atoms with Crippen molar-refractivity contribution in [2.45, 2.75) is 0 Å². The number of halogens is 1. The van der Waals surface area contributed by atoms with E-state index in [9.17, 15) is 4.79 Å². The number of esters is 1. The minimum Gasteiger partial charge on any atom is -0.465 e. The normalized spacial score (nSPS) is 16.0. The molecule has 1 aliphatic heterocycles. The molecule has 1 saturated heterocycles. The Morgan fingerprint density at radius 3 is 2.17 bits per heavy atom. The van der Waals surface area contributed by atoms with Crippen LogP contribution in [0.3, 0.4) is 0 Å². The van der Waals surface area contributed by atoms with Crippen LogP contribution in [0, 0.1) is 0 Å². The van der Waals surface area contributed by atoms with Crippen LogP contribution in [0.4, 0.5) is 5.69 Å². The molecule has 5 heteroatoms. The van der Waals surface area contributed by atoms with Gasteiger partial charge in [0, 0.05) is 31.9 Å². The summed E-state index contributed by atoms with van der Waals surface area (Å²) in [5, 5.41) is 0. The van der Waals surface area contributed by atoms with Crippen LogP contribution >= 0.6 is 12.4 Å². The SMILES string of the molecule is COC(=O)c1ccc(N2CCN(C)CC2)cc1.Cl. The topological polar surface area (TPSA) is 32.8 Å². The molecule has 0 bridgehead atoms. The molecule has 1 aromatic carbocycles. The second-order valence-electron chi connectivity index (χ2n) is 4.33. The molecule has 0 aromatic heterocycles. The average molecular weight is 271 g/mol. The molecule has 0 atom stereocenters. The van der Waals surface area contributed by atoms with Gasteiger partial charge in [-0.15, -0.1) is 12.4 Å². The first-order valence-electron chi connectivity index (χ1n) is 5.82. The van der Waals surface area contributed by atoms with Gasteiger partial charge in [-0.25, -0.2) is 4.79 Å². The van der Waals surface area contributed by atoms with E-state index in [-0.39, 0.29) is 18.4 Å². The van der Waals surface area contributed by atoms with Gasteiger partial charge in [0.15, 0.2) is 0 Å². The number of hydrogen-bond donors (Lipinski definition) is 0. The summed E-state index contributed by atoms with van der Waals surface area (Å²) >= 11 is 0. The molecule has 1 fully saturated rings. The molecule has 100 valence electrons. The maximum atomic E-state index is 11.3. The molecule has 0 aliphatic carbocycles. The van der Waals surface area contributed by atoms with E-state index >= 15 is 0 Å². The van der Waals surface area contributed by atoms with E-state index in [1.807, 2.05) is 24.3 Å². The average Bonchev–Trinajstić information content (AvgIpc) is 2.39. The van der Waals surface area contributed by atoms with Crippen molar-refractivity contribution < 1.29 is 9.53 Å². The smallest absolute Gasteiger partial charge is 0.337 e. The zero-order chi connectivity index (χ0) is 12.3. The third kappa shape index (κ3) is 3.37. The molecular formula is C13H19ClN2O2. The van der Waals surface area contributed by atoms with Gasteiger partial charge in [0.2, 0.25) is 0 Å². The number of likely N-dealkylation sites (N-methyl/N-ethyl adjacent to an activating group) is 1. The van der Waals surface area contributed by atoms with E-state index in [4.69, 9.17) is 0 Å². The Labute approximate surface area is 114 Å². The molecular weight excluding hydrogens is 252 g/mol. The fourth-order valence-corrected chi connectivity index (χ4v) is 1.99. The molecule has 2 rings (SSSR count). The van der Waals surface area contributed by atoms with Gasteiger partial charge < -0.3 is 14.5 Å². The highest BCUT2D eigenvalue weighted by Gasteiger charge is 2.14. The number of benzene rings is 1. The highest BCUT2D eigenvalue weighted by Crippen LogP contribution is 2.17. The first kappa shape index (κ1) is 14.8. The van der Waals surface area contributed by atoms with Crippen molar-refractivity contribution in [3.8, 4) is 0 Å². The molecule has 0 N–H and O–H groups in total. The van der Waals surface area contributed by atoms with Crippen LogP contribution in [0.5, 0.6) is 0 Å². The zero-order valence-corrected chi connectivity index (χ0v) is 11.6. The molecule has 0 spiro atoms. The first-order chi connectivity index (χ1) is 8.20. The summed E-state index contributed by atoms with van der Waals surface area (Å²) in [5.74, 6) is -0.282. The summed E-state index contributed by atoms with van der Waals surface area (Å²) in [6.45, 7) is 4.24. The van der Waals surface area contributed by atoms with Crippen molar-refractivity contribution in [3.63, 3.8) is 0 Å². The van der Waals surface area contributed by atoms with Crippen molar-refractivity contribution in [1.29, 1.82) is 0 Å².